The Balaban J connectivity index is 1.65. The SMILES string of the molecule is Cc1nn([C@@H](C)C(=O)N2c3ccccc3C[C@@H]2C)c(C)c1S(=O)(=O)N(C)Cc1ccco1. The molecule has 0 N–H and O–H groups in total. The first-order valence-corrected chi connectivity index (χ1v) is 12.0. The number of hydrogen-bond donors (Lipinski definition) is 0. The summed E-state index contributed by atoms with van der Waals surface area (Å²) in [4.78, 5) is 15.4. The highest BCUT2D eigenvalue weighted by molar-refractivity contribution is 7.89. The number of benzene rings is 1. The molecular formula is C23H28N4O4S. The molecule has 32 heavy (non-hydrogen) atoms. The average molecular weight is 457 g/mol. The molecule has 0 spiro atoms. The summed E-state index contributed by atoms with van der Waals surface area (Å²) in [6.45, 7) is 7.24. The summed E-state index contributed by atoms with van der Waals surface area (Å²) in [6.07, 6.45) is 2.30. The fourth-order valence-electron chi connectivity index (χ4n) is 4.47. The van der Waals surface area contributed by atoms with Crippen molar-refractivity contribution in [2.75, 3.05) is 11.9 Å². The van der Waals surface area contributed by atoms with Gasteiger partial charge in [0, 0.05) is 18.8 Å². The number of sulfonamides is 1. The summed E-state index contributed by atoms with van der Waals surface area (Å²) in [7, 11) is -2.32. The molecule has 9 heteroatoms. The smallest absolute Gasteiger partial charge is 0.251 e. The van der Waals surface area contributed by atoms with Gasteiger partial charge in [0.25, 0.3) is 5.91 Å². The molecule has 2 aromatic heterocycles. The van der Waals surface area contributed by atoms with E-state index in [0.717, 1.165) is 17.7 Å². The summed E-state index contributed by atoms with van der Waals surface area (Å²) in [5.41, 5.74) is 2.85. The quantitative estimate of drug-likeness (QED) is 0.567. The van der Waals surface area contributed by atoms with E-state index in [-0.39, 0.29) is 23.4 Å². The number of furan rings is 1. The van der Waals surface area contributed by atoms with Crippen LogP contribution < -0.4 is 4.90 Å². The second-order valence-electron chi connectivity index (χ2n) is 8.35. The second kappa shape index (κ2) is 8.22. The topological polar surface area (TPSA) is 88.7 Å². The van der Waals surface area contributed by atoms with Crippen molar-refractivity contribution in [2.24, 2.45) is 0 Å². The first kappa shape index (κ1) is 22.3. The van der Waals surface area contributed by atoms with Gasteiger partial charge < -0.3 is 9.32 Å². The van der Waals surface area contributed by atoms with Gasteiger partial charge in [-0.3, -0.25) is 9.48 Å². The molecule has 0 bridgehead atoms. The third-order valence-electron chi connectivity index (χ3n) is 6.05. The van der Waals surface area contributed by atoms with Gasteiger partial charge in [-0.1, -0.05) is 18.2 Å². The maximum atomic E-state index is 13.5. The Morgan fingerprint density at radius 2 is 1.97 bits per heavy atom. The predicted octanol–water partition coefficient (Wildman–Crippen LogP) is 3.45. The molecule has 0 saturated carbocycles. The van der Waals surface area contributed by atoms with Crippen LogP contribution in [-0.4, -0.2) is 41.5 Å². The fourth-order valence-corrected chi connectivity index (χ4v) is 5.96. The van der Waals surface area contributed by atoms with E-state index in [1.165, 1.54) is 22.3 Å². The molecule has 0 aliphatic carbocycles. The summed E-state index contributed by atoms with van der Waals surface area (Å²) in [5.74, 6) is 0.435. The van der Waals surface area contributed by atoms with E-state index < -0.39 is 16.1 Å². The van der Waals surface area contributed by atoms with Crippen LogP contribution in [0.5, 0.6) is 0 Å². The van der Waals surface area contributed by atoms with Crippen LogP contribution in [-0.2, 0) is 27.8 Å². The van der Waals surface area contributed by atoms with E-state index in [4.69, 9.17) is 4.42 Å². The number of fused-ring (bicyclic) bond motifs is 1. The molecule has 0 saturated heterocycles. The molecule has 2 atom stereocenters. The van der Waals surface area contributed by atoms with Crippen molar-refractivity contribution in [3.05, 3.63) is 65.4 Å². The number of hydrogen-bond acceptors (Lipinski definition) is 5. The third-order valence-corrected chi connectivity index (χ3v) is 8.11. The van der Waals surface area contributed by atoms with Gasteiger partial charge in [0.15, 0.2) is 0 Å². The van der Waals surface area contributed by atoms with Crippen LogP contribution >= 0.6 is 0 Å². The van der Waals surface area contributed by atoms with E-state index in [1.807, 2.05) is 31.2 Å². The van der Waals surface area contributed by atoms with Crippen LogP contribution in [0.25, 0.3) is 0 Å². The average Bonchev–Trinajstić information content (AvgIpc) is 3.44. The number of para-hydroxylation sites is 1. The highest BCUT2D eigenvalue weighted by Gasteiger charge is 2.36. The minimum Gasteiger partial charge on any atom is -0.468 e. The number of anilines is 1. The van der Waals surface area contributed by atoms with Gasteiger partial charge in [-0.2, -0.15) is 9.40 Å². The number of nitrogens with zero attached hydrogens (tertiary/aromatic N) is 4. The molecule has 3 heterocycles. The summed E-state index contributed by atoms with van der Waals surface area (Å²) in [6, 6.07) is 10.7. The fraction of sp³-hybridized carbons (Fsp3) is 0.391. The van der Waals surface area contributed by atoms with E-state index >= 15 is 0 Å². The van der Waals surface area contributed by atoms with Crippen LogP contribution in [0.3, 0.4) is 0 Å². The largest absolute Gasteiger partial charge is 0.468 e. The van der Waals surface area contributed by atoms with Gasteiger partial charge in [-0.05, 0) is 57.9 Å². The zero-order chi connectivity index (χ0) is 23.2. The van der Waals surface area contributed by atoms with Crippen molar-refractivity contribution in [1.82, 2.24) is 14.1 Å². The van der Waals surface area contributed by atoms with Crippen LogP contribution in [0.15, 0.2) is 52.0 Å². The lowest BCUT2D eigenvalue weighted by molar-refractivity contribution is -0.121. The van der Waals surface area contributed by atoms with Gasteiger partial charge in [0.2, 0.25) is 10.0 Å². The van der Waals surface area contributed by atoms with Gasteiger partial charge in [-0.25, -0.2) is 8.42 Å². The first-order chi connectivity index (χ1) is 15.1. The molecule has 4 rings (SSSR count). The van der Waals surface area contributed by atoms with Crippen molar-refractivity contribution >= 4 is 21.6 Å². The molecule has 0 unspecified atom stereocenters. The number of amides is 1. The lowest BCUT2D eigenvalue weighted by Gasteiger charge is -2.26. The van der Waals surface area contributed by atoms with Gasteiger partial charge >= 0.3 is 0 Å². The highest BCUT2D eigenvalue weighted by Crippen LogP contribution is 2.34. The Labute approximate surface area is 188 Å². The van der Waals surface area contributed by atoms with E-state index in [2.05, 4.69) is 5.10 Å². The van der Waals surface area contributed by atoms with Crippen molar-refractivity contribution in [3.8, 4) is 0 Å². The van der Waals surface area contributed by atoms with Gasteiger partial charge in [-0.15, -0.1) is 0 Å². The van der Waals surface area contributed by atoms with Crippen molar-refractivity contribution in [2.45, 2.75) is 57.6 Å². The number of carbonyl (C=O) groups is 1. The molecule has 0 fully saturated rings. The Bertz CT molecular complexity index is 1250. The van der Waals surface area contributed by atoms with Crippen molar-refractivity contribution < 1.29 is 17.6 Å². The highest BCUT2D eigenvalue weighted by atomic mass is 32.2. The monoisotopic (exact) mass is 456 g/mol. The summed E-state index contributed by atoms with van der Waals surface area (Å²) < 4.78 is 34.7. The van der Waals surface area contributed by atoms with Crippen LogP contribution in [0, 0.1) is 13.8 Å². The number of rotatable bonds is 6. The normalized spacial score (nSPS) is 17.1. The summed E-state index contributed by atoms with van der Waals surface area (Å²) in [5, 5.41) is 4.47. The van der Waals surface area contributed by atoms with Crippen LogP contribution in [0.1, 0.15) is 42.6 Å². The molecule has 3 aromatic rings. The number of carbonyl (C=O) groups excluding carboxylic acids is 1. The molecule has 1 aliphatic rings. The molecule has 1 aromatic carbocycles. The minimum absolute atomic E-state index is 0.0296. The lowest BCUT2D eigenvalue weighted by Crippen LogP contribution is -2.40. The molecule has 0 radical (unpaired) electrons. The third kappa shape index (κ3) is 3.65. The summed E-state index contributed by atoms with van der Waals surface area (Å²) >= 11 is 0. The first-order valence-electron chi connectivity index (χ1n) is 10.6. The molecule has 1 aliphatic heterocycles. The number of aromatic nitrogens is 2. The van der Waals surface area contributed by atoms with Crippen LogP contribution in [0.4, 0.5) is 5.69 Å². The van der Waals surface area contributed by atoms with E-state index in [9.17, 15) is 13.2 Å². The van der Waals surface area contributed by atoms with E-state index in [0.29, 0.717) is 17.1 Å². The zero-order valence-corrected chi connectivity index (χ0v) is 19.8. The maximum absolute atomic E-state index is 13.5. The van der Waals surface area contributed by atoms with Crippen molar-refractivity contribution in [3.63, 3.8) is 0 Å². The Hall–Kier alpha value is -2.91. The molecule has 170 valence electrons. The predicted molar refractivity (Wildman–Crippen MR) is 121 cm³/mol. The Morgan fingerprint density at radius 1 is 1.25 bits per heavy atom. The number of aryl methyl sites for hydroxylation is 1. The lowest BCUT2D eigenvalue weighted by atomic mass is 10.1. The molecular weight excluding hydrogens is 428 g/mol. The van der Waals surface area contributed by atoms with Gasteiger partial charge in [0.05, 0.1) is 24.2 Å². The second-order valence-corrected chi connectivity index (χ2v) is 10.3. The minimum atomic E-state index is -3.83. The van der Waals surface area contributed by atoms with Crippen LogP contribution in [0.2, 0.25) is 0 Å². The molecule has 8 nitrogen and oxygen atoms in total. The van der Waals surface area contributed by atoms with Gasteiger partial charge in [0.1, 0.15) is 16.7 Å². The Morgan fingerprint density at radius 3 is 2.66 bits per heavy atom. The molecule has 1 amide bonds. The zero-order valence-electron chi connectivity index (χ0n) is 18.9. The Kier molecular flexibility index (Phi) is 5.72. The standard InChI is InChI=1S/C23H28N4O4S/c1-15-13-19-9-6-7-11-21(19)26(15)23(28)18(4)27-17(3)22(16(2)24-27)32(29,30)25(5)14-20-10-8-12-31-20/h6-12,15,18H,13-14H2,1-5H3/t15-,18-/m0/s1. The van der Waals surface area contributed by atoms with Crippen molar-refractivity contribution in [1.29, 1.82) is 0 Å². The van der Waals surface area contributed by atoms with E-state index in [1.54, 1.807) is 37.8 Å². The maximum Gasteiger partial charge on any atom is 0.251 e.